The Morgan fingerprint density at radius 2 is 1.81 bits per heavy atom. The minimum absolute atomic E-state index is 0.465. The molecule has 0 bridgehead atoms. The van der Waals surface area contributed by atoms with Crippen LogP contribution < -0.4 is 9.80 Å². The number of anilines is 2. The van der Waals surface area contributed by atoms with Crippen LogP contribution in [0.2, 0.25) is 5.02 Å². The van der Waals surface area contributed by atoms with E-state index in [1.807, 2.05) is 4.57 Å². The van der Waals surface area contributed by atoms with Gasteiger partial charge in [-0.15, -0.1) is 0 Å². The van der Waals surface area contributed by atoms with E-state index >= 15 is 0 Å². The van der Waals surface area contributed by atoms with Crippen molar-refractivity contribution in [2.75, 3.05) is 36.0 Å². The SMILES string of the molecule is CCn1cnc2c(N3CCN(c4ncc(C#N)cc4Cl)CC3)ncnc21. The highest BCUT2D eigenvalue weighted by Crippen LogP contribution is 2.27. The summed E-state index contributed by atoms with van der Waals surface area (Å²) in [6.07, 6.45) is 4.95. The lowest BCUT2D eigenvalue weighted by Gasteiger charge is -2.36. The Hall–Kier alpha value is -2.92. The number of aryl methyl sites for hydroxylation is 1. The normalized spacial score (nSPS) is 14.7. The Kier molecular flexibility index (Phi) is 4.31. The standard InChI is InChI=1S/C17H17ClN8/c1-2-24-11-23-14-16(24)21-10-22-17(14)26-5-3-25(4-6-26)15-13(18)7-12(8-19)9-20-15/h7,9-11H,2-6H2,1H3. The van der Waals surface area contributed by atoms with Crippen molar-refractivity contribution in [3.8, 4) is 6.07 Å². The molecule has 0 aromatic carbocycles. The predicted molar refractivity (Wildman–Crippen MR) is 99.4 cm³/mol. The van der Waals surface area contributed by atoms with E-state index in [1.54, 1.807) is 24.9 Å². The molecule has 4 rings (SSSR count). The third-order valence-corrected chi connectivity index (χ3v) is 4.83. The van der Waals surface area contributed by atoms with Gasteiger partial charge >= 0.3 is 0 Å². The molecule has 0 saturated carbocycles. The van der Waals surface area contributed by atoms with Crippen LogP contribution in [0.25, 0.3) is 11.2 Å². The van der Waals surface area contributed by atoms with Crippen molar-refractivity contribution in [1.82, 2.24) is 24.5 Å². The van der Waals surface area contributed by atoms with E-state index in [-0.39, 0.29) is 0 Å². The zero-order chi connectivity index (χ0) is 18.1. The minimum atomic E-state index is 0.465. The van der Waals surface area contributed by atoms with Crippen LogP contribution in [-0.4, -0.2) is 50.7 Å². The van der Waals surface area contributed by atoms with Gasteiger partial charge in [-0.25, -0.2) is 19.9 Å². The molecule has 0 amide bonds. The molecule has 1 aliphatic rings. The first-order valence-corrected chi connectivity index (χ1v) is 8.80. The lowest BCUT2D eigenvalue weighted by molar-refractivity contribution is 0.642. The van der Waals surface area contributed by atoms with Crippen molar-refractivity contribution in [2.24, 2.45) is 0 Å². The number of imidazole rings is 1. The highest BCUT2D eigenvalue weighted by Gasteiger charge is 2.23. The number of piperazine rings is 1. The maximum atomic E-state index is 8.94. The fraction of sp³-hybridized carbons (Fsp3) is 0.353. The van der Waals surface area contributed by atoms with Gasteiger partial charge in [0, 0.05) is 38.9 Å². The molecule has 3 aromatic heterocycles. The Morgan fingerprint density at radius 1 is 1.08 bits per heavy atom. The zero-order valence-electron chi connectivity index (χ0n) is 14.3. The summed E-state index contributed by atoms with van der Waals surface area (Å²) < 4.78 is 2.01. The van der Waals surface area contributed by atoms with Gasteiger partial charge in [-0.05, 0) is 13.0 Å². The van der Waals surface area contributed by atoms with Gasteiger partial charge in [-0.3, -0.25) is 0 Å². The minimum Gasteiger partial charge on any atom is -0.352 e. The van der Waals surface area contributed by atoms with Crippen molar-refractivity contribution in [3.63, 3.8) is 0 Å². The van der Waals surface area contributed by atoms with Crippen LogP contribution in [0.3, 0.4) is 0 Å². The molecule has 0 radical (unpaired) electrons. The van der Waals surface area contributed by atoms with E-state index in [0.717, 1.165) is 49.7 Å². The number of aromatic nitrogens is 5. The second kappa shape index (κ2) is 6.77. The summed E-state index contributed by atoms with van der Waals surface area (Å²) in [5.74, 6) is 1.58. The zero-order valence-corrected chi connectivity index (χ0v) is 15.1. The van der Waals surface area contributed by atoms with Gasteiger partial charge in [-0.1, -0.05) is 11.6 Å². The molecule has 0 spiro atoms. The van der Waals surface area contributed by atoms with E-state index in [1.165, 1.54) is 0 Å². The second-order valence-corrected chi connectivity index (χ2v) is 6.42. The second-order valence-electron chi connectivity index (χ2n) is 6.02. The number of rotatable bonds is 3. The third-order valence-electron chi connectivity index (χ3n) is 4.55. The van der Waals surface area contributed by atoms with Crippen LogP contribution in [-0.2, 0) is 6.54 Å². The fourth-order valence-electron chi connectivity index (χ4n) is 3.19. The molecule has 1 saturated heterocycles. The summed E-state index contributed by atoms with van der Waals surface area (Å²) in [5, 5.41) is 9.44. The van der Waals surface area contributed by atoms with Gasteiger partial charge < -0.3 is 14.4 Å². The van der Waals surface area contributed by atoms with Crippen LogP contribution >= 0.6 is 11.6 Å². The van der Waals surface area contributed by atoms with Crippen LogP contribution in [0.5, 0.6) is 0 Å². The molecule has 4 heterocycles. The molecule has 3 aromatic rings. The highest BCUT2D eigenvalue weighted by molar-refractivity contribution is 6.33. The first-order chi connectivity index (χ1) is 12.7. The molecular weight excluding hydrogens is 352 g/mol. The van der Waals surface area contributed by atoms with Crippen LogP contribution in [0.15, 0.2) is 24.9 Å². The summed E-state index contributed by atoms with van der Waals surface area (Å²) in [6, 6.07) is 3.71. The van der Waals surface area contributed by atoms with Gasteiger partial charge in [0.15, 0.2) is 17.0 Å². The molecule has 1 fully saturated rings. The largest absolute Gasteiger partial charge is 0.352 e. The number of pyridine rings is 1. The van der Waals surface area contributed by atoms with Gasteiger partial charge in [-0.2, -0.15) is 5.26 Å². The molecule has 8 nitrogen and oxygen atoms in total. The molecule has 0 N–H and O–H groups in total. The summed E-state index contributed by atoms with van der Waals surface area (Å²) in [6.45, 7) is 5.98. The van der Waals surface area contributed by atoms with Crippen LogP contribution in [0.1, 0.15) is 12.5 Å². The smallest absolute Gasteiger partial charge is 0.165 e. The Labute approximate surface area is 155 Å². The first-order valence-electron chi connectivity index (χ1n) is 8.42. The molecule has 26 heavy (non-hydrogen) atoms. The van der Waals surface area contributed by atoms with Gasteiger partial charge in [0.1, 0.15) is 18.2 Å². The summed E-state index contributed by atoms with van der Waals surface area (Å²) >= 11 is 6.29. The number of halogens is 1. The Morgan fingerprint density at radius 3 is 2.46 bits per heavy atom. The monoisotopic (exact) mass is 368 g/mol. The summed E-state index contributed by atoms with van der Waals surface area (Å²) in [5.41, 5.74) is 2.15. The van der Waals surface area contributed by atoms with E-state index in [2.05, 4.69) is 42.7 Å². The quantitative estimate of drug-likeness (QED) is 0.699. The van der Waals surface area contributed by atoms with Crippen molar-refractivity contribution in [3.05, 3.63) is 35.5 Å². The van der Waals surface area contributed by atoms with Crippen LogP contribution in [0, 0.1) is 11.3 Å². The Bertz CT molecular complexity index is 984. The summed E-state index contributed by atoms with van der Waals surface area (Å²) in [7, 11) is 0. The average Bonchev–Trinajstić information content (AvgIpc) is 3.11. The number of hydrogen-bond donors (Lipinski definition) is 0. The average molecular weight is 369 g/mol. The van der Waals surface area contributed by atoms with E-state index in [9.17, 15) is 0 Å². The van der Waals surface area contributed by atoms with E-state index in [4.69, 9.17) is 16.9 Å². The van der Waals surface area contributed by atoms with Crippen LogP contribution in [0.4, 0.5) is 11.6 Å². The molecular formula is C17H17ClN8. The third kappa shape index (κ3) is 2.80. The first kappa shape index (κ1) is 16.5. The van der Waals surface area contributed by atoms with Gasteiger partial charge in [0.25, 0.3) is 0 Å². The predicted octanol–water partition coefficient (Wildman–Crippen LogP) is 2.09. The molecule has 0 atom stereocenters. The molecule has 0 unspecified atom stereocenters. The molecule has 0 aliphatic carbocycles. The summed E-state index contributed by atoms with van der Waals surface area (Å²) in [4.78, 5) is 22.0. The van der Waals surface area contributed by atoms with Gasteiger partial charge in [0.2, 0.25) is 0 Å². The fourth-order valence-corrected chi connectivity index (χ4v) is 3.47. The lowest BCUT2D eigenvalue weighted by Crippen LogP contribution is -2.47. The Balaban J connectivity index is 1.54. The van der Waals surface area contributed by atoms with Crippen molar-refractivity contribution in [2.45, 2.75) is 13.5 Å². The molecule has 1 aliphatic heterocycles. The highest BCUT2D eigenvalue weighted by atomic mass is 35.5. The topological polar surface area (TPSA) is 86.8 Å². The number of nitrogens with zero attached hydrogens (tertiary/aromatic N) is 8. The van der Waals surface area contributed by atoms with Crippen molar-refractivity contribution in [1.29, 1.82) is 5.26 Å². The van der Waals surface area contributed by atoms with Crippen molar-refractivity contribution < 1.29 is 0 Å². The van der Waals surface area contributed by atoms with Crippen molar-refractivity contribution >= 4 is 34.4 Å². The molecule has 9 heteroatoms. The number of nitriles is 1. The molecule has 132 valence electrons. The number of hydrogen-bond acceptors (Lipinski definition) is 7. The lowest BCUT2D eigenvalue weighted by atomic mass is 10.2. The van der Waals surface area contributed by atoms with E-state index < -0.39 is 0 Å². The van der Waals surface area contributed by atoms with Gasteiger partial charge in [0.05, 0.1) is 16.9 Å². The number of fused-ring (bicyclic) bond motifs is 1. The maximum absolute atomic E-state index is 8.94. The van der Waals surface area contributed by atoms with E-state index in [0.29, 0.717) is 16.4 Å². The maximum Gasteiger partial charge on any atom is 0.165 e.